The molecule has 1 nitrogen and oxygen atoms in total. The zero-order chi connectivity index (χ0) is 17.6. The van der Waals surface area contributed by atoms with Crippen molar-refractivity contribution in [3.63, 3.8) is 0 Å². The highest BCUT2D eigenvalue weighted by atomic mass is 14.6. The molecule has 0 bridgehead atoms. The van der Waals surface area contributed by atoms with Gasteiger partial charge in [0.05, 0.1) is 0 Å². The second-order valence-electron chi connectivity index (χ2n) is 5.78. The van der Waals surface area contributed by atoms with Crippen molar-refractivity contribution in [1.82, 2.24) is 0 Å². The molecule has 122 valence electrons. The summed E-state index contributed by atoms with van der Waals surface area (Å²) in [7, 11) is 0. The van der Waals surface area contributed by atoms with E-state index < -0.39 is 0 Å². The summed E-state index contributed by atoms with van der Waals surface area (Å²) in [4.78, 5) is 0. The van der Waals surface area contributed by atoms with E-state index in [2.05, 4.69) is 49.6 Å². The maximum absolute atomic E-state index is 6.55. The van der Waals surface area contributed by atoms with Gasteiger partial charge in [0.1, 0.15) is 0 Å². The molecule has 3 rings (SSSR count). The van der Waals surface area contributed by atoms with E-state index in [1.165, 1.54) is 0 Å². The summed E-state index contributed by atoms with van der Waals surface area (Å²) in [6, 6.07) is 24.8. The lowest BCUT2D eigenvalue weighted by Crippen LogP contribution is -1.98. The number of anilines is 1. The molecule has 2 N–H and O–H groups in total. The molecule has 0 aliphatic rings. The second kappa shape index (κ2) is 7.50. The molecule has 0 radical (unpaired) electrons. The lowest BCUT2D eigenvalue weighted by molar-refractivity contribution is 1.55. The topological polar surface area (TPSA) is 26.0 Å². The fraction of sp³-hybridized carbons (Fsp3) is 0. The zero-order valence-electron chi connectivity index (χ0n) is 14.2. The van der Waals surface area contributed by atoms with Gasteiger partial charge in [0.15, 0.2) is 0 Å². The molecular formula is C24H21N. The Bertz CT molecular complexity index is 919. The first-order chi connectivity index (χ1) is 12.2. The van der Waals surface area contributed by atoms with Crippen molar-refractivity contribution in [3.8, 4) is 22.3 Å². The monoisotopic (exact) mass is 323 g/mol. The van der Waals surface area contributed by atoms with E-state index in [-0.39, 0.29) is 0 Å². The van der Waals surface area contributed by atoms with Gasteiger partial charge >= 0.3 is 0 Å². The van der Waals surface area contributed by atoms with Crippen LogP contribution in [0.5, 0.6) is 0 Å². The average molecular weight is 323 g/mol. The van der Waals surface area contributed by atoms with Crippen LogP contribution in [-0.2, 0) is 0 Å². The van der Waals surface area contributed by atoms with Crippen LogP contribution in [0.1, 0.15) is 5.56 Å². The normalized spacial score (nSPS) is 11.1. The smallest absolute Gasteiger partial charge is 0.0473 e. The van der Waals surface area contributed by atoms with Crippen molar-refractivity contribution in [2.24, 2.45) is 0 Å². The number of nitrogen functional groups attached to an aromatic ring is 1. The third kappa shape index (κ3) is 3.46. The molecule has 0 aromatic heterocycles. The number of allylic oxidation sites excluding steroid dienone is 4. The summed E-state index contributed by atoms with van der Waals surface area (Å²) in [5.41, 5.74) is 13.6. The molecule has 0 aliphatic carbocycles. The molecule has 0 amide bonds. The minimum Gasteiger partial charge on any atom is -0.398 e. The Balaban J connectivity index is 2.30. The van der Waals surface area contributed by atoms with E-state index in [1.54, 1.807) is 6.08 Å². The third-order valence-electron chi connectivity index (χ3n) is 4.20. The number of nitrogens with two attached hydrogens (primary N) is 1. The molecule has 0 aliphatic heterocycles. The summed E-state index contributed by atoms with van der Waals surface area (Å²) in [6.45, 7) is 7.73. The lowest BCUT2D eigenvalue weighted by atomic mass is 9.91. The molecule has 25 heavy (non-hydrogen) atoms. The first-order valence-electron chi connectivity index (χ1n) is 8.24. The number of rotatable bonds is 5. The van der Waals surface area contributed by atoms with Gasteiger partial charge in [-0.1, -0.05) is 92.0 Å². The van der Waals surface area contributed by atoms with Crippen LogP contribution in [0.25, 0.3) is 27.8 Å². The van der Waals surface area contributed by atoms with Crippen molar-refractivity contribution in [3.05, 3.63) is 110 Å². The van der Waals surface area contributed by atoms with Gasteiger partial charge in [-0.3, -0.25) is 0 Å². The maximum atomic E-state index is 6.55. The van der Waals surface area contributed by atoms with Crippen LogP contribution in [-0.4, -0.2) is 0 Å². The SMILES string of the molecule is C=C/C=C(\C=C)c1cc(-c2ccccc2)cc(-c2ccccc2)c1N. The van der Waals surface area contributed by atoms with Crippen molar-refractivity contribution < 1.29 is 0 Å². The Morgan fingerprint density at radius 3 is 1.92 bits per heavy atom. The highest BCUT2D eigenvalue weighted by Gasteiger charge is 2.12. The van der Waals surface area contributed by atoms with Gasteiger partial charge in [-0.05, 0) is 34.4 Å². The van der Waals surface area contributed by atoms with Crippen LogP contribution in [0, 0.1) is 0 Å². The molecular weight excluding hydrogens is 302 g/mol. The summed E-state index contributed by atoms with van der Waals surface area (Å²) in [5.74, 6) is 0. The van der Waals surface area contributed by atoms with Crippen LogP contribution in [0.3, 0.4) is 0 Å². The fourth-order valence-electron chi connectivity index (χ4n) is 2.94. The Morgan fingerprint density at radius 1 is 0.760 bits per heavy atom. The van der Waals surface area contributed by atoms with Crippen molar-refractivity contribution >= 4 is 11.3 Å². The first-order valence-corrected chi connectivity index (χ1v) is 8.24. The van der Waals surface area contributed by atoms with E-state index in [0.717, 1.165) is 39.1 Å². The van der Waals surface area contributed by atoms with E-state index in [0.29, 0.717) is 0 Å². The van der Waals surface area contributed by atoms with Crippen molar-refractivity contribution in [2.75, 3.05) is 5.73 Å². The van der Waals surface area contributed by atoms with E-state index >= 15 is 0 Å². The molecule has 3 aromatic carbocycles. The fourth-order valence-corrected chi connectivity index (χ4v) is 2.94. The van der Waals surface area contributed by atoms with E-state index in [4.69, 9.17) is 5.73 Å². The molecule has 0 atom stereocenters. The highest BCUT2D eigenvalue weighted by molar-refractivity contribution is 5.93. The van der Waals surface area contributed by atoms with Crippen LogP contribution < -0.4 is 5.73 Å². The third-order valence-corrected chi connectivity index (χ3v) is 4.20. The summed E-state index contributed by atoms with van der Waals surface area (Å²) in [5, 5.41) is 0. The average Bonchev–Trinajstić information content (AvgIpc) is 2.68. The molecule has 0 unspecified atom stereocenters. The predicted molar refractivity (Wildman–Crippen MR) is 110 cm³/mol. The van der Waals surface area contributed by atoms with Gasteiger partial charge in [-0.2, -0.15) is 0 Å². The van der Waals surface area contributed by atoms with E-state index in [9.17, 15) is 0 Å². The maximum Gasteiger partial charge on any atom is 0.0473 e. The Labute approximate surface area is 149 Å². The van der Waals surface area contributed by atoms with Crippen LogP contribution >= 0.6 is 0 Å². The van der Waals surface area contributed by atoms with Gasteiger partial charge in [0.25, 0.3) is 0 Å². The Kier molecular flexibility index (Phi) is 4.96. The van der Waals surface area contributed by atoms with Crippen LogP contribution in [0.2, 0.25) is 0 Å². The summed E-state index contributed by atoms with van der Waals surface area (Å²) >= 11 is 0. The standard InChI is InChI=1S/C24H21N/c1-3-11-18(4-2)22-16-21(19-12-7-5-8-13-19)17-23(24(22)25)20-14-9-6-10-15-20/h3-17H,1-2,25H2/b18-11+. The zero-order valence-corrected chi connectivity index (χ0v) is 14.2. The number of hydrogen-bond acceptors (Lipinski definition) is 1. The molecule has 0 fully saturated rings. The van der Waals surface area contributed by atoms with Crippen LogP contribution in [0.15, 0.2) is 104 Å². The minimum atomic E-state index is 0.749. The van der Waals surface area contributed by atoms with Gasteiger partial charge in [0.2, 0.25) is 0 Å². The predicted octanol–water partition coefficient (Wildman–Crippen LogP) is 6.36. The highest BCUT2D eigenvalue weighted by Crippen LogP contribution is 2.37. The molecule has 0 heterocycles. The largest absolute Gasteiger partial charge is 0.398 e. The van der Waals surface area contributed by atoms with Gasteiger partial charge in [-0.15, -0.1) is 0 Å². The van der Waals surface area contributed by atoms with Gasteiger partial charge in [0, 0.05) is 16.8 Å². The van der Waals surface area contributed by atoms with Crippen molar-refractivity contribution in [1.29, 1.82) is 0 Å². The molecule has 3 aromatic rings. The minimum absolute atomic E-state index is 0.749. The molecule has 1 heteroatoms. The number of benzene rings is 3. The second-order valence-corrected chi connectivity index (χ2v) is 5.78. The lowest BCUT2D eigenvalue weighted by Gasteiger charge is -2.15. The number of hydrogen-bond donors (Lipinski definition) is 1. The Morgan fingerprint density at radius 2 is 1.36 bits per heavy atom. The van der Waals surface area contributed by atoms with Gasteiger partial charge in [-0.25, -0.2) is 0 Å². The van der Waals surface area contributed by atoms with Gasteiger partial charge < -0.3 is 5.73 Å². The molecule has 0 saturated carbocycles. The van der Waals surface area contributed by atoms with Crippen molar-refractivity contribution in [2.45, 2.75) is 0 Å². The summed E-state index contributed by atoms with van der Waals surface area (Å²) in [6.07, 6.45) is 5.51. The summed E-state index contributed by atoms with van der Waals surface area (Å²) < 4.78 is 0. The van der Waals surface area contributed by atoms with E-state index in [1.807, 2.05) is 48.6 Å². The molecule has 0 saturated heterocycles. The first kappa shape index (κ1) is 16.5. The quantitative estimate of drug-likeness (QED) is 0.429. The Hall–Kier alpha value is -3.32. The molecule has 0 spiro atoms. The van der Waals surface area contributed by atoms with Crippen LogP contribution in [0.4, 0.5) is 5.69 Å².